The van der Waals surface area contributed by atoms with Crippen molar-refractivity contribution >= 4 is 17.6 Å². The van der Waals surface area contributed by atoms with Crippen molar-refractivity contribution in [1.82, 2.24) is 9.80 Å². The van der Waals surface area contributed by atoms with E-state index < -0.39 is 18.4 Å². The SMILES string of the molecule is O=C(c1ccccc1)c1ccc(OCC(=O)N(CCO)CCO)cc1OCC(=O)N(CCO)CCO. The van der Waals surface area contributed by atoms with E-state index in [4.69, 9.17) is 29.9 Å². The summed E-state index contributed by atoms with van der Waals surface area (Å²) in [4.78, 5) is 40.4. The number of carbonyl (C=O) groups is 3. The lowest BCUT2D eigenvalue weighted by Gasteiger charge is -2.22. The van der Waals surface area contributed by atoms with E-state index in [-0.39, 0.29) is 82.1 Å². The lowest BCUT2D eigenvalue weighted by molar-refractivity contribution is -0.134. The normalized spacial score (nSPS) is 10.6. The highest BCUT2D eigenvalue weighted by molar-refractivity contribution is 6.10. The van der Waals surface area contributed by atoms with Gasteiger partial charge in [0, 0.05) is 37.8 Å². The first-order valence-electron chi connectivity index (χ1n) is 11.4. The van der Waals surface area contributed by atoms with Crippen molar-refractivity contribution in [3.8, 4) is 11.5 Å². The summed E-state index contributed by atoms with van der Waals surface area (Å²) in [6.45, 7) is -1.83. The number of ketones is 1. The molecule has 0 aliphatic rings. The van der Waals surface area contributed by atoms with Gasteiger partial charge in [-0.3, -0.25) is 14.4 Å². The van der Waals surface area contributed by atoms with E-state index in [1.165, 1.54) is 28.0 Å². The molecule has 4 N–H and O–H groups in total. The molecule has 0 bridgehead atoms. The third-order valence-corrected chi connectivity index (χ3v) is 5.13. The largest absolute Gasteiger partial charge is 0.484 e. The van der Waals surface area contributed by atoms with Gasteiger partial charge < -0.3 is 39.7 Å². The number of hydrogen-bond donors (Lipinski definition) is 4. The van der Waals surface area contributed by atoms with Gasteiger partial charge in [0.05, 0.1) is 32.0 Å². The molecule has 0 unspecified atom stereocenters. The Balaban J connectivity index is 2.24. The highest BCUT2D eigenvalue weighted by Crippen LogP contribution is 2.27. The van der Waals surface area contributed by atoms with E-state index in [0.29, 0.717) is 5.56 Å². The summed E-state index contributed by atoms with van der Waals surface area (Å²) >= 11 is 0. The number of benzene rings is 2. The Morgan fingerprint density at radius 2 is 1.17 bits per heavy atom. The minimum absolute atomic E-state index is 0.0159. The number of aliphatic hydroxyl groups excluding tert-OH is 4. The molecule has 2 aromatic carbocycles. The first kappa shape index (κ1) is 28.7. The number of rotatable bonds is 16. The highest BCUT2D eigenvalue weighted by Gasteiger charge is 2.20. The summed E-state index contributed by atoms with van der Waals surface area (Å²) in [6.07, 6.45) is 0. The molecule has 11 nitrogen and oxygen atoms in total. The molecule has 36 heavy (non-hydrogen) atoms. The number of aliphatic hydroxyl groups is 4. The van der Waals surface area contributed by atoms with Gasteiger partial charge in [0.1, 0.15) is 11.5 Å². The molecule has 0 spiro atoms. The average Bonchev–Trinajstić information content (AvgIpc) is 2.90. The first-order chi connectivity index (χ1) is 17.4. The molecule has 2 rings (SSSR count). The third kappa shape index (κ3) is 8.61. The van der Waals surface area contributed by atoms with E-state index in [0.717, 1.165) is 0 Å². The number of nitrogens with zero attached hydrogens (tertiary/aromatic N) is 2. The minimum Gasteiger partial charge on any atom is -0.484 e. The second-order valence-corrected chi connectivity index (χ2v) is 7.59. The van der Waals surface area contributed by atoms with Gasteiger partial charge in [-0.15, -0.1) is 0 Å². The van der Waals surface area contributed by atoms with Crippen molar-refractivity contribution < 1.29 is 44.3 Å². The summed E-state index contributed by atoms with van der Waals surface area (Å²) < 4.78 is 11.2. The standard InChI is InChI=1S/C25H32N2O9/c28-12-8-26(9-13-29)23(32)17-35-20-6-7-21(25(34)19-4-2-1-3-5-19)22(16-20)36-18-24(33)27(10-14-30)11-15-31/h1-7,16,28-31H,8-15,17-18H2. The van der Waals surface area contributed by atoms with Crippen LogP contribution in [0.4, 0.5) is 0 Å². The third-order valence-electron chi connectivity index (χ3n) is 5.13. The fraction of sp³-hybridized carbons (Fsp3) is 0.400. The van der Waals surface area contributed by atoms with Crippen LogP contribution in [0.1, 0.15) is 15.9 Å². The van der Waals surface area contributed by atoms with Gasteiger partial charge >= 0.3 is 0 Å². The van der Waals surface area contributed by atoms with E-state index in [2.05, 4.69) is 0 Å². The Bertz CT molecular complexity index is 973. The lowest BCUT2D eigenvalue weighted by atomic mass is 10.0. The zero-order valence-corrected chi connectivity index (χ0v) is 19.9. The predicted molar refractivity (Wildman–Crippen MR) is 129 cm³/mol. The summed E-state index contributed by atoms with van der Waals surface area (Å²) in [6, 6.07) is 12.8. The van der Waals surface area contributed by atoms with Crippen LogP contribution in [-0.2, 0) is 9.59 Å². The van der Waals surface area contributed by atoms with Crippen LogP contribution in [0.2, 0.25) is 0 Å². The Labute approximate surface area is 209 Å². The van der Waals surface area contributed by atoms with Gasteiger partial charge in [-0.25, -0.2) is 0 Å². The van der Waals surface area contributed by atoms with Crippen molar-refractivity contribution in [1.29, 1.82) is 0 Å². The predicted octanol–water partition coefficient (Wildman–Crippen LogP) is -0.698. The second-order valence-electron chi connectivity index (χ2n) is 7.59. The van der Waals surface area contributed by atoms with Crippen LogP contribution < -0.4 is 9.47 Å². The van der Waals surface area contributed by atoms with Crippen molar-refractivity contribution in [2.24, 2.45) is 0 Å². The molecule has 196 valence electrons. The average molecular weight is 505 g/mol. The lowest BCUT2D eigenvalue weighted by Crippen LogP contribution is -2.39. The molecule has 0 aliphatic carbocycles. The maximum absolute atomic E-state index is 13.1. The van der Waals surface area contributed by atoms with Gasteiger partial charge in [0.15, 0.2) is 19.0 Å². The number of amides is 2. The number of ether oxygens (including phenoxy) is 2. The molecule has 11 heteroatoms. The van der Waals surface area contributed by atoms with Crippen LogP contribution in [0.3, 0.4) is 0 Å². The molecule has 0 heterocycles. The molecule has 0 aromatic heterocycles. The van der Waals surface area contributed by atoms with Crippen LogP contribution in [-0.4, -0.2) is 114 Å². The van der Waals surface area contributed by atoms with Crippen molar-refractivity contribution in [3.63, 3.8) is 0 Å². The zero-order valence-electron chi connectivity index (χ0n) is 19.9. The van der Waals surface area contributed by atoms with E-state index >= 15 is 0 Å². The van der Waals surface area contributed by atoms with Crippen LogP contribution in [0.5, 0.6) is 11.5 Å². The van der Waals surface area contributed by atoms with Crippen LogP contribution >= 0.6 is 0 Å². The molecule has 0 fully saturated rings. The summed E-state index contributed by atoms with van der Waals surface area (Å²) in [5, 5.41) is 36.5. The monoisotopic (exact) mass is 504 g/mol. The molecule has 0 saturated carbocycles. The van der Waals surface area contributed by atoms with Gasteiger partial charge in [0.25, 0.3) is 11.8 Å². The molecular weight excluding hydrogens is 472 g/mol. The van der Waals surface area contributed by atoms with Crippen molar-refractivity contribution in [3.05, 3.63) is 59.7 Å². The van der Waals surface area contributed by atoms with Crippen LogP contribution in [0.25, 0.3) is 0 Å². The Hall–Kier alpha value is -3.51. The summed E-state index contributed by atoms with van der Waals surface area (Å²) in [5.41, 5.74) is 0.578. The Morgan fingerprint density at radius 3 is 1.67 bits per heavy atom. The molecule has 2 amide bonds. The first-order valence-corrected chi connectivity index (χ1v) is 11.4. The van der Waals surface area contributed by atoms with Gasteiger partial charge in [-0.2, -0.15) is 0 Å². The molecule has 0 atom stereocenters. The van der Waals surface area contributed by atoms with Gasteiger partial charge in [0.2, 0.25) is 0 Å². The van der Waals surface area contributed by atoms with Crippen molar-refractivity contribution in [2.75, 3.05) is 65.8 Å². The minimum atomic E-state index is -0.499. The molecule has 2 aromatic rings. The molecule has 0 saturated heterocycles. The Kier molecular flexibility index (Phi) is 12.4. The van der Waals surface area contributed by atoms with Crippen molar-refractivity contribution in [2.45, 2.75) is 0 Å². The number of carbonyl (C=O) groups excluding carboxylic acids is 3. The van der Waals surface area contributed by atoms with Crippen LogP contribution in [0.15, 0.2) is 48.5 Å². The molecule has 0 radical (unpaired) electrons. The fourth-order valence-electron chi connectivity index (χ4n) is 3.32. The fourth-order valence-corrected chi connectivity index (χ4v) is 3.32. The maximum Gasteiger partial charge on any atom is 0.260 e. The molecule has 0 aliphatic heterocycles. The van der Waals surface area contributed by atoms with Gasteiger partial charge in [-0.1, -0.05) is 30.3 Å². The number of hydrogen-bond acceptors (Lipinski definition) is 9. The van der Waals surface area contributed by atoms with E-state index in [1.54, 1.807) is 30.3 Å². The zero-order chi connectivity index (χ0) is 26.3. The van der Waals surface area contributed by atoms with Gasteiger partial charge in [-0.05, 0) is 12.1 Å². The topological polar surface area (TPSA) is 157 Å². The quantitative estimate of drug-likeness (QED) is 0.217. The molecular formula is C25H32N2O9. The second kappa shape index (κ2) is 15.5. The maximum atomic E-state index is 13.1. The van der Waals surface area contributed by atoms with Crippen LogP contribution in [0, 0.1) is 0 Å². The smallest absolute Gasteiger partial charge is 0.260 e. The van der Waals surface area contributed by atoms with E-state index in [9.17, 15) is 14.4 Å². The van der Waals surface area contributed by atoms with E-state index in [1.807, 2.05) is 0 Å². The summed E-state index contributed by atoms with van der Waals surface area (Å²) in [5.74, 6) is -1.05. The highest BCUT2D eigenvalue weighted by atomic mass is 16.5. The summed E-state index contributed by atoms with van der Waals surface area (Å²) in [7, 11) is 0. The Morgan fingerprint density at radius 1 is 0.667 bits per heavy atom.